The lowest BCUT2D eigenvalue weighted by atomic mass is 9.64. The largest absolute Gasteiger partial charge is 0.457 e. The lowest BCUT2D eigenvalue weighted by Gasteiger charge is -2.40. The van der Waals surface area contributed by atoms with E-state index in [0.29, 0.717) is 0 Å². The van der Waals surface area contributed by atoms with Gasteiger partial charge in [-0.2, -0.15) is 0 Å². The highest BCUT2D eigenvalue weighted by Crippen LogP contribution is 2.66. The van der Waals surface area contributed by atoms with Crippen LogP contribution in [0.25, 0.3) is 98.0 Å². The standard InChI is InChI=1S/C61H36O/c1-3-17-41-35-57-55(32-39(41)15-1)61(56-33-40-16-2-4-18-42(40)36-58(56)62-57)54-34-44(48-26-12-20-38-14-6-8-22-46(38)48)28-30-52(54)59-50-24-10-9-23-49(50)53-31-43(27-29-51(53)60(59)61)47-25-11-19-37-13-5-7-21-45(37)47/h1-36H. The zero-order chi connectivity index (χ0) is 40.5. The SMILES string of the molecule is c1ccc2cc3c(cc2c1)Oc1cc2ccccc2cc1C31c2cc(-c3cccc4ccccc34)ccc2-c2c1c1ccc(-c3cccc4ccccc34)cc1c1ccccc21. The summed E-state index contributed by atoms with van der Waals surface area (Å²) in [4.78, 5) is 0. The first-order chi connectivity index (χ1) is 30.7. The Morgan fingerprint density at radius 3 is 1.34 bits per heavy atom. The van der Waals surface area contributed by atoms with Gasteiger partial charge in [0.25, 0.3) is 0 Å². The third-order valence-corrected chi connectivity index (χ3v) is 14.0. The van der Waals surface area contributed by atoms with Crippen molar-refractivity contribution in [3.05, 3.63) is 241 Å². The number of fused-ring (bicyclic) bond motifs is 18. The molecule has 0 saturated heterocycles. The Morgan fingerprint density at radius 1 is 0.274 bits per heavy atom. The number of hydrogen-bond donors (Lipinski definition) is 0. The quantitative estimate of drug-likeness (QED) is 0.159. The van der Waals surface area contributed by atoms with E-state index in [1.54, 1.807) is 0 Å². The van der Waals surface area contributed by atoms with Crippen molar-refractivity contribution in [1.82, 2.24) is 0 Å². The van der Waals surface area contributed by atoms with Gasteiger partial charge >= 0.3 is 0 Å². The van der Waals surface area contributed by atoms with Crippen LogP contribution in [-0.2, 0) is 5.41 Å². The second kappa shape index (κ2) is 12.5. The Hall–Kier alpha value is -8.00. The minimum atomic E-state index is -0.731. The van der Waals surface area contributed by atoms with Crippen LogP contribution in [0.4, 0.5) is 0 Å². The third kappa shape index (κ3) is 4.52. The minimum Gasteiger partial charge on any atom is -0.457 e. The highest BCUT2D eigenvalue weighted by atomic mass is 16.5. The van der Waals surface area contributed by atoms with Gasteiger partial charge in [-0.15, -0.1) is 0 Å². The van der Waals surface area contributed by atoms with Gasteiger partial charge in [-0.05, 0) is 146 Å². The summed E-state index contributed by atoms with van der Waals surface area (Å²) in [5.41, 5.74) is 11.7. The molecule has 0 saturated carbocycles. The topological polar surface area (TPSA) is 9.23 Å². The molecule has 14 rings (SSSR count). The fourth-order valence-electron chi connectivity index (χ4n) is 11.4. The van der Waals surface area contributed by atoms with Crippen LogP contribution >= 0.6 is 0 Å². The third-order valence-electron chi connectivity index (χ3n) is 14.0. The van der Waals surface area contributed by atoms with Crippen LogP contribution in [0, 0.1) is 0 Å². The van der Waals surface area contributed by atoms with Gasteiger partial charge in [0, 0.05) is 11.1 Å². The van der Waals surface area contributed by atoms with Crippen molar-refractivity contribution in [1.29, 1.82) is 0 Å². The van der Waals surface area contributed by atoms with Gasteiger partial charge in [-0.3, -0.25) is 0 Å². The molecule has 0 radical (unpaired) electrons. The Kier molecular flexibility index (Phi) is 6.82. The van der Waals surface area contributed by atoms with Crippen LogP contribution in [0.1, 0.15) is 22.3 Å². The summed E-state index contributed by atoms with van der Waals surface area (Å²) in [5.74, 6) is 1.80. The lowest BCUT2D eigenvalue weighted by Crippen LogP contribution is -2.32. The molecule has 1 aliphatic heterocycles. The molecule has 1 heteroatoms. The van der Waals surface area contributed by atoms with E-state index in [2.05, 4.69) is 218 Å². The van der Waals surface area contributed by atoms with Crippen molar-refractivity contribution < 1.29 is 4.74 Å². The van der Waals surface area contributed by atoms with Crippen molar-refractivity contribution in [2.45, 2.75) is 5.41 Å². The number of benzene rings is 12. The maximum absolute atomic E-state index is 7.20. The maximum Gasteiger partial charge on any atom is 0.132 e. The second-order valence-corrected chi connectivity index (χ2v) is 17.1. The van der Waals surface area contributed by atoms with Crippen LogP contribution in [0.5, 0.6) is 11.5 Å². The normalized spacial score (nSPS) is 13.4. The van der Waals surface area contributed by atoms with Crippen molar-refractivity contribution in [2.75, 3.05) is 0 Å². The fraction of sp³-hybridized carbons (Fsp3) is 0.0164. The summed E-state index contributed by atoms with van der Waals surface area (Å²) in [6.07, 6.45) is 0. The van der Waals surface area contributed by atoms with E-state index in [-0.39, 0.29) is 0 Å². The van der Waals surface area contributed by atoms with E-state index in [9.17, 15) is 0 Å². The zero-order valence-corrected chi connectivity index (χ0v) is 33.7. The number of hydrogen-bond acceptors (Lipinski definition) is 1. The molecule has 1 spiro atoms. The smallest absolute Gasteiger partial charge is 0.132 e. The molecule has 62 heavy (non-hydrogen) atoms. The zero-order valence-electron chi connectivity index (χ0n) is 33.7. The van der Waals surface area contributed by atoms with Crippen LogP contribution in [-0.4, -0.2) is 0 Å². The van der Waals surface area contributed by atoms with Gasteiger partial charge in [0.1, 0.15) is 11.5 Å². The van der Waals surface area contributed by atoms with Gasteiger partial charge in [-0.1, -0.05) is 182 Å². The molecule has 1 heterocycles. The molecule has 286 valence electrons. The first kappa shape index (κ1) is 33.8. The summed E-state index contributed by atoms with van der Waals surface area (Å²) < 4.78 is 7.20. The first-order valence-corrected chi connectivity index (χ1v) is 21.6. The van der Waals surface area contributed by atoms with E-state index in [0.717, 1.165) is 22.3 Å². The molecule has 0 fully saturated rings. The molecule has 12 aromatic rings. The minimum absolute atomic E-state index is 0.731. The van der Waals surface area contributed by atoms with Crippen LogP contribution in [0.15, 0.2) is 218 Å². The average Bonchev–Trinajstić information content (AvgIpc) is 3.63. The summed E-state index contributed by atoms with van der Waals surface area (Å²) >= 11 is 0. The van der Waals surface area contributed by atoms with Crippen molar-refractivity contribution >= 4 is 64.6 Å². The molecule has 0 atom stereocenters. The van der Waals surface area contributed by atoms with E-state index >= 15 is 0 Å². The van der Waals surface area contributed by atoms with Crippen LogP contribution < -0.4 is 4.74 Å². The predicted molar refractivity (Wildman–Crippen MR) is 260 cm³/mol. The monoisotopic (exact) mass is 784 g/mol. The molecule has 1 aliphatic carbocycles. The summed E-state index contributed by atoms with van der Waals surface area (Å²) in [5, 5.41) is 14.7. The molecule has 0 bridgehead atoms. The summed E-state index contributed by atoms with van der Waals surface area (Å²) in [6.45, 7) is 0. The average molecular weight is 785 g/mol. The molecule has 0 unspecified atom stereocenters. The lowest BCUT2D eigenvalue weighted by molar-refractivity contribution is 0.439. The molecule has 2 aliphatic rings. The van der Waals surface area contributed by atoms with Gasteiger partial charge in [0.2, 0.25) is 0 Å². The van der Waals surface area contributed by atoms with Crippen LogP contribution in [0.2, 0.25) is 0 Å². The summed E-state index contributed by atoms with van der Waals surface area (Å²) in [7, 11) is 0. The number of ether oxygens (including phenoxy) is 1. The highest BCUT2D eigenvalue weighted by Gasteiger charge is 2.53. The van der Waals surface area contributed by atoms with E-state index in [4.69, 9.17) is 4.74 Å². The van der Waals surface area contributed by atoms with Crippen molar-refractivity contribution in [2.24, 2.45) is 0 Å². The molecule has 0 aromatic heterocycles. The van der Waals surface area contributed by atoms with Crippen LogP contribution in [0.3, 0.4) is 0 Å². The van der Waals surface area contributed by atoms with E-state index in [1.807, 2.05) is 0 Å². The Labute approximate surface area is 358 Å². The molecule has 0 amide bonds. The Morgan fingerprint density at radius 2 is 0.742 bits per heavy atom. The molecular formula is C61H36O. The molecular weight excluding hydrogens is 749 g/mol. The Balaban J connectivity index is 1.18. The summed E-state index contributed by atoms with van der Waals surface area (Å²) in [6, 6.07) is 81.3. The maximum atomic E-state index is 7.20. The Bertz CT molecular complexity index is 3810. The van der Waals surface area contributed by atoms with Crippen molar-refractivity contribution in [3.8, 4) is 44.9 Å². The molecule has 12 aromatic carbocycles. The predicted octanol–water partition coefficient (Wildman–Crippen LogP) is 16.4. The molecule has 0 N–H and O–H groups in total. The van der Waals surface area contributed by atoms with Gasteiger partial charge in [0.05, 0.1) is 5.41 Å². The van der Waals surface area contributed by atoms with Gasteiger partial charge < -0.3 is 4.74 Å². The van der Waals surface area contributed by atoms with E-state index < -0.39 is 5.41 Å². The highest BCUT2D eigenvalue weighted by molar-refractivity contribution is 6.21. The van der Waals surface area contributed by atoms with E-state index in [1.165, 1.54) is 109 Å². The van der Waals surface area contributed by atoms with Gasteiger partial charge in [-0.25, -0.2) is 0 Å². The molecule has 1 nitrogen and oxygen atoms in total. The van der Waals surface area contributed by atoms with Crippen molar-refractivity contribution in [3.63, 3.8) is 0 Å². The fourth-order valence-corrected chi connectivity index (χ4v) is 11.4. The number of rotatable bonds is 2. The first-order valence-electron chi connectivity index (χ1n) is 21.6. The second-order valence-electron chi connectivity index (χ2n) is 17.1. The van der Waals surface area contributed by atoms with Gasteiger partial charge in [0.15, 0.2) is 0 Å².